The van der Waals surface area contributed by atoms with Gasteiger partial charge in [0, 0.05) is 6.04 Å². The zero-order chi connectivity index (χ0) is 17.8. The molecule has 1 atom stereocenters. The van der Waals surface area contributed by atoms with Crippen molar-refractivity contribution in [2.24, 2.45) is 0 Å². The summed E-state index contributed by atoms with van der Waals surface area (Å²) < 4.78 is 11.6. The van der Waals surface area contributed by atoms with Crippen molar-refractivity contribution in [3.63, 3.8) is 0 Å². The van der Waals surface area contributed by atoms with Crippen molar-refractivity contribution in [1.29, 1.82) is 0 Å². The van der Waals surface area contributed by atoms with Gasteiger partial charge in [-0.1, -0.05) is 36.8 Å². The Balaban J connectivity index is 1.54. The van der Waals surface area contributed by atoms with Gasteiger partial charge in [0.1, 0.15) is 17.6 Å². The molecular weight excluding hydrogens is 326 g/mol. The molecule has 0 saturated carbocycles. The van der Waals surface area contributed by atoms with Crippen molar-refractivity contribution in [3.8, 4) is 16.9 Å². The Labute approximate surface area is 152 Å². The van der Waals surface area contributed by atoms with Gasteiger partial charge in [0.15, 0.2) is 0 Å². The molecule has 2 aromatic carbocycles. The maximum Gasteiger partial charge on any atom is 0.200 e. The van der Waals surface area contributed by atoms with Crippen LogP contribution in [0.3, 0.4) is 0 Å². The monoisotopic (exact) mass is 349 g/mol. The second kappa shape index (κ2) is 7.75. The summed E-state index contributed by atoms with van der Waals surface area (Å²) in [6.07, 6.45) is 6.29. The van der Waals surface area contributed by atoms with Gasteiger partial charge in [-0.25, -0.2) is 0 Å². The van der Waals surface area contributed by atoms with Crippen molar-refractivity contribution < 1.29 is 9.15 Å². The molecule has 0 aliphatic carbocycles. The second-order valence-electron chi connectivity index (χ2n) is 6.79. The van der Waals surface area contributed by atoms with E-state index in [1.165, 1.54) is 25.5 Å². The Morgan fingerprint density at radius 3 is 2.81 bits per heavy atom. The van der Waals surface area contributed by atoms with Crippen LogP contribution in [0.1, 0.15) is 25.7 Å². The van der Waals surface area contributed by atoms with Crippen LogP contribution in [-0.2, 0) is 0 Å². The summed E-state index contributed by atoms with van der Waals surface area (Å²) in [5.74, 6) is 0.714. The highest BCUT2D eigenvalue weighted by molar-refractivity contribution is 5.82. The smallest absolute Gasteiger partial charge is 0.200 e. The van der Waals surface area contributed by atoms with Crippen LogP contribution in [0.2, 0.25) is 0 Å². The highest BCUT2D eigenvalue weighted by Crippen LogP contribution is 2.23. The number of fused-ring (bicyclic) bond motifs is 1. The van der Waals surface area contributed by atoms with Crippen LogP contribution in [0.4, 0.5) is 0 Å². The lowest BCUT2D eigenvalue weighted by molar-refractivity contribution is 0.268. The Bertz CT molecular complexity index is 927. The van der Waals surface area contributed by atoms with E-state index >= 15 is 0 Å². The lowest BCUT2D eigenvalue weighted by Gasteiger charge is -2.23. The van der Waals surface area contributed by atoms with Gasteiger partial charge in [0.05, 0.1) is 17.6 Å². The van der Waals surface area contributed by atoms with Crippen molar-refractivity contribution in [2.75, 3.05) is 13.2 Å². The van der Waals surface area contributed by atoms with Gasteiger partial charge >= 0.3 is 0 Å². The fraction of sp³-hybridized carbons (Fsp3) is 0.318. The largest absolute Gasteiger partial charge is 0.494 e. The van der Waals surface area contributed by atoms with Crippen LogP contribution >= 0.6 is 0 Å². The number of piperidine rings is 1. The minimum atomic E-state index is -0.0307. The molecule has 0 amide bonds. The van der Waals surface area contributed by atoms with E-state index in [9.17, 15) is 4.79 Å². The van der Waals surface area contributed by atoms with Gasteiger partial charge in [0.25, 0.3) is 0 Å². The third-order valence-corrected chi connectivity index (χ3v) is 4.98. The molecule has 0 radical (unpaired) electrons. The van der Waals surface area contributed by atoms with E-state index in [0.717, 1.165) is 18.5 Å². The molecule has 3 aromatic rings. The summed E-state index contributed by atoms with van der Waals surface area (Å²) in [5.41, 5.74) is 1.98. The number of hydrogen-bond acceptors (Lipinski definition) is 4. The molecule has 1 unspecified atom stereocenters. The number of benzene rings is 2. The fourth-order valence-corrected chi connectivity index (χ4v) is 3.51. The second-order valence-corrected chi connectivity index (χ2v) is 6.79. The molecule has 4 rings (SSSR count). The molecule has 134 valence electrons. The van der Waals surface area contributed by atoms with Gasteiger partial charge in [0.2, 0.25) is 5.43 Å². The summed E-state index contributed by atoms with van der Waals surface area (Å²) >= 11 is 0. The molecule has 26 heavy (non-hydrogen) atoms. The van der Waals surface area contributed by atoms with E-state index < -0.39 is 0 Å². The highest BCUT2D eigenvalue weighted by atomic mass is 16.5. The Kier molecular flexibility index (Phi) is 5.02. The third-order valence-electron chi connectivity index (χ3n) is 4.98. The lowest BCUT2D eigenvalue weighted by atomic mass is 10.0. The van der Waals surface area contributed by atoms with Gasteiger partial charge in [-0.05, 0) is 49.6 Å². The van der Waals surface area contributed by atoms with E-state index in [1.54, 1.807) is 12.1 Å². The minimum Gasteiger partial charge on any atom is -0.494 e. The van der Waals surface area contributed by atoms with Gasteiger partial charge < -0.3 is 14.5 Å². The first-order valence-electron chi connectivity index (χ1n) is 9.28. The minimum absolute atomic E-state index is 0.0307. The summed E-state index contributed by atoms with van der Waals surface area (Å²) in [7, 11) is 0. The zero-order valence-electron chi connectivity index (χ0n) is 14.7. The summed E-state index contributed by atoms with van der Waals surface area (Å²) in [6, 6.07) is 15.6. The SMILES string of the molecule is O=c1c(-c2ccccc2)coc2ccc(OCCC3CCCCN3)cc12. The van der Waals surface area contributed by atoms with Crippen molar-refractivity contribution in [1.82, 2.24) is 5.32 Å². The summed E-state index contributed by atoms with van der Waals surface area (Å²) in [5, 5.41) is 4.08. The normalized spacial score (nSPS) is 17.3. The predicted octanol–water partition coefficient (Wildman–Crippen LogP) is 4.37. The summed E-state index contributed by atoms with van der Waals surface area (Å²) in [6.45, 7) is 1.75. The van der Waals surface area contributed by atoms with Crippen molar-refractivity contribution in [2.45, 2.75) is 31.7 Å². The number of nitrogens with one attached hydrogen (secondary N) is 1. The Morgan fingerprint density at radius 1 is 1.12 bits per heavy atom. The van der Waals surface area contributed by atoms with Crippen LogP contribution in [0.25, 0.3) is 22.1 Å². The maximum atomic E-state index is 12.9. The van der Waals surface area contributed by atoms with Crippen LogP contribution in [0.15, 0.2) is 64.0 Å². The van der Waals surface area contributed by atoms with Crippen LogP contribution < -0.4 is 15.5 Å². The quantitative estimate of drug-likeness (QED) is 0.743. The molecule has 0 bridgehead atoms. The Morgan fingerprint density at radius 2 is 2.00 bits per heavy atom. The molecule has 1 aliphatic rings. The fourth-order valence-electron chi connectivity index (χ4n) is 3.51. The molecule has 0 spiro atoms. The van der Waals surface area contributed by atoms with Crippen molar-refractivity contribution in [3.05, 3.63) is 65.0 Å². The molecule has 4 heteroatoms. The van der Waals surface area contributed by atoms with Gasteiger partial charge in [-0.15, -0.1) is 0 Å². The van der Waals surface area contributed by atoms with E-state index in [2.05, 4.69) is 5.32 Å². The number of rotatable bonds is 5. The molecule has 1 fully saturated rings. The molecule has 1 aromatic heterocycles. The van der Waals surface area contributed by atoms with Gasteiger partial charge in [-0.3, -0.25) is 4.79 Å². The lowest BCUT2D eigenvalue weighted by Crippen LogP contribution is -2.35. The van der Waals surface area contributed by atoms with Crippen molar-refractivity contribution >= 4 is 11.0 Å². The molecular formula is C22H23NO3. The average molecular weight is 349 g/mol. The predicted molar refractivity (Wildman–Crippen MR) is 104 cm³/mol. The Hall–Kier alpha value is -2.59. The maximum absolute atomic E-state index is 12.9. The van der Waals surface area contributed by atoms with E-state index in [0.29, 0.717) is 34.9 Å². The van der Waals surface area contributed by atoms with E-state index in [-0.39, 0.29) is 5.43 Å². The third kappa shape index (κ3) is 3.65. The number of hydrogen-bond donors (Lipinski definition) is 1. The molecule has 1 aliphatic heterocycles. The van der Waals surface area contributed by atoms with Crippen LogP contribution in [-0.4, -0.2) is 19.2 Å². The average Bonchev–Trinajstić information content (AvgIpc) is 2.70. The first kappa shape index (κ1) is 16.9. The first-order valence-corrected chi connectivity index (χ1v) is 9.28. The summed E-state index contributed by atoms with van der Waals surface area (Å²) in [4.78, 5) is 12.9. The molecule has 1 N–H and O–H groups in total. The molecule has 2 heterocycles. The molecule has 1 saturated heterocycles. The molecule has 4 nitrogen and oxygen atoms in total. The van der Waals surface area contributed by atoms with E-state index in [4.69, 9.17) is 9.15 Å². The topological polar surface area (TPSA) is 51.5 Å². The van der Waals surface area contributed by atoms with E-state index in [1.807, 2.05) is 36.4 Å². The highest BCUT2D eigenvalue weighted by Gasteiger charge is 2.13. The zero-order valence-corrected chi connectivity index (χ0v) is 14.7. The van der Waals surface area contributed by atoms with Crippen LogP contribution in [0.5, 0.6) is 5.75 Å². The standard InChI is InChI=1S/C22H23NO3/c24-22-19-14-18(25-13-11-17-8-4-5-12-23-17)9-10-21(19)26-15-20(22)16-6-2-1-3-7-16/h1-3,6-7,9-10,14-15,17,23H,4-5,8,11-13H2. The van der Waals surface area contributed by atoms with Gasteiger partial charge in [-0.2, -0.15) is 0 Å². The first-order chi connectivity index (χ1) is 12.8. The van der Waals surface area contributed by atoms with Crippen LogP contribution in [0, 0.1) is 0 Å². The number of ether oxygens (including phenoxy) is 1.